The van der Waals surface area contributed by atoms with E-state index in [1.807, 2.05) is 19.1 Å². The quantitative estimate of drug-likeness (QED) is 0.369. The summed E-state index contributed by atoms with van der Waals surface area (Å²) in [5.41, 5.74) is 3.61. The lowest BCUT2D eigenvalue weighted by atomic mass is 9.99. The van der Waals surface area contributed by atoms with E-state index in [1.54, 1.807) is 80.0 Å². The summed E-state index contributed by atoms with van der Waals surface area (Å²) >= 11 is 0. The summed E-state index contributed by atoms with van der Waals surface area (Å²) < 4.78 is 20.4. The van der Waals surface area contributed by atoms with Gasteiger partial charge in [-0.2, -0.15) is 0 Å². The molecular weight excluding hydrogens is 497 g/mol. The number of ether oxygens (including phenoxy) is 1. The molecule has 4 aromatic rings. The van der Waals surface area contributed by atoms with E-state index in [9.17, 15) is 9.59 Å². The van der Waals surface area contributed by atoms with Crippen molar-refractivity contribution >= 4 is 29.0 Å². The average molecular weight is 524 g/mol. The maximum absolute atomic E-state index is 15.0. The van der Waals surface area contributed by atoms with Gasteiger partial charge in [0.05, 0.1) is 30.7 Å². The second-order valence-corrected chi connectivity index (χ2v) is 8.96. The average Bonchev–Trinajstić information content (AvgIpc) is 3.04. The van der Waals surface area contributed by atoms with E-state index in [-0.39, 0.29) is 17.8 Å². The molecule has 0 bridgehead atoms. The fraction of sp³-hybridized carbons (Fsp3) is 0.133. The number of benzene rings is 3. The van der Waals surface area contributed by atoms with Gasteiger partial charge in [-0.15, -0.1) is 0 Å². The van der Waals surface area contributed by atoms with Gasteiger partial charge < -0.3 is 20.3 Å². The number of rotatable bonds is 6. The Kier molecular flexibility index (Phi) is 7.31. The van der Waals surface area contributed by atoms with Crippen LogP contribution in [0.1, 0.15) is 22.4 Å². The number of nitrogens with one attached hydrogen (secondary N) is 2. The van der Waals surface area contributed by atoms with Crippen molar-refractivity contribution in [3.8, 4) is 5.75 Å². The number of urea groups is 1. The van der Waals surface area contributed by atoms with Crippen LogP contribution < -0.4 is 20.3 Å². The van der Waals surface area contributed by atoms with Gasteiger partial charge in [0.1, 0.15) is 11.6 Å². The number of aliphatic imine (C=N–C) groups is 1. The zero-order valence-corrected chi connectivity index (χ0v) is 21.4. The van der Waals surface area contributed by atoms with Crippen LogP contribution in [-0.2, 0) is 11.3 Å². The summed E-state index contributed by atoms with van der Waals surface area (Å²) in [7, 11) is 1.55. The van der Waals surface area contributed by atoms with Crippen LogP contribution in [-0.4, -0.2) is 35.9 Å². The molecule has 2 heterocycles. The molecule has 9 heteroatoms. The number of anilines is 2. The van der Waals surface area contributed by atoms with Crippen molar-refractivity contribution in [2.75, 3.05) is 17.3 Å². The molecule has 3 aromatic carbocycles. The van der Waals surface area contributed by atoms with Crippen LogP contribution in [0.15, 0.2) is 96.1 Å². The van der Waals surface area contributed by atoms with Crippen molar-refractivity contribution in [2.24, 2.45) is 4.99 Å². The molecule has 1 atom stereocenters. The van der Waals surface area contributed by atoms with Crippen LogP contribution in [0.3, 0.4) is 0 Å². The van der Waals surface area contributed by atoms with Crippen molar-refractivity contribution in [3.05, 3.63) is 119 Å². The second-order valence-electron chi connectivity index (χ2n) is 8.96. The molecule has 0 spiro atoms. The largest absolute Gasteiger partial charge is 0.497 e. The fourth-order valence-electron chi connectivity index (χ4n) is 4.40. The first-order chi connectivity index (χ1) is 18.9. The van der Waals surface area contributed by atoms with Gasteiger partial charge in [-0.25, -0.2) is 14.2 Å². The van der Waals surface area contributed by atoms with Crippen LogP contribution in [0.4, 0.5) is 20.6 Å². The number of aryl methyl sites for hydroxylation is 1. The van der Waals surface area contributed by atoms with E-state index in [4.69, 9.17) is 4.74 Å². The third kappa shape index (κ3) is 5.62. The number of methoxy groups -OCH3 is 1. The molecule has 0 radical (unpaired) electrons. The summed E-state index contributed by atoms with van der Waals surface area (Å²) in [5.74, 6) is -0.409. The third-order valence-electron chi connectivity index (χ3n) is 6.22. The van der Waals surface area contributed by atoms with E-state index < -0.39 is 23.9 Å². The minimum atomic E-state index is -1.34. The van der Waals surface area contributed by atoms with E-state index in [0.29, 0.717) is 28.4 Å². The van der Waals surface area contributed by atoms with E-state index in [0.717, 1.165) is 5.56 Å². The van der Waals surface area contributed by atoms with Crippen LogP contribution in [0.25, 0.3) is 0 Å². The van der Waals surface area contributed by atoms with Gasteiger partial charge in [-0.05, 0) is 48.9 Å². The highest BCUT2D eigenvalue weighted by molar-refractivity contribution is 6.20. The summed E-state index contributed by atoms with van der Waals surface area (Å²) in [5, 5.41) is 5.42. The zero-order valence-electron chi connectivity index (χ0n) is 21.4. The lowest BCUT2D eigenvalue weighted by molar-refractivity contribution is -0.120. The Balaban J connectivity index is 1.57. The lowest BCUT2D eigenvalue weighted by Gasteiger charge is -2.25. The number of hydrogen-bond donors (Lipinski definition) is 2. The number of aromatic nitrogens is 1. The molecular formula is C30H26FN5O3. The summed E-state index contributed by atoms with van der Waals surface area (Å²) in [6.45, 7) is 1.98. The normalized spacial score (nSPS) is 14.6. The highest BCUT2D eigenvalue weighted by Crippen LogP contribution is 2.30. The predicted octanol–water partition coefficient (Wildman–Crippen LogP) is 5.07. The topological polar surface area (TPSA) is 95.9 Å². The molecule has 1 aliphatic rings. The maximum Gasteiger partial charge on any atom is 0.321 e. The van der Waals surface area contributed by atoms with Crippen molar-refractivity contribution in [2.45, 2.75) is 19.6 Å². The molecule has 5 rings (SSSR count). The predicted molar refractivity (Wildman–Crippen MR) is 148 cm³/mol. The molecule has 39 heavy (non-hydrogen) atoms. The van der Waals surface area contributed by atoms with Crippen molar-refractivity contribution < 1.29 is 18.7 Å². The summed E-state index contributed by atoms with van der Waals surface area (Å²) in [6, 6.07) is 23.4. The Morgan fingerprint density at radius 2 is 1.77 bits per heavy atom. The molecule has 2 N–H and O–H groups in total. The highest BCUT2D eigenvalue weighted by Gasteiger charge is 2.34. The summed E-state index contributed by atoms with van der Waals surface area (Å²) in [6.07, 6.45) is 0.247. The molecule has 0 fully saturated rings. The smallest absolute Gasteiger partial charge is 0.321 e. The Bertz CT molecular complexity index is 1570. The van der Waals surface area contributed by atoms with Crippen molar-refractivity contribution in [1.29, 1.82) is 0 Å². The van der Waals surface area contributed by atoms with Gasteiger partial charge in [0, 0.05) is 29.1 Å². The maximum atomic E-state index is 15.0. The zero-order chi connectivity index (χ0) is 27.4. The molecule has 1 aliphatic heterocycles. The number of carbonyl (C=O) groups is 2. The van der Waals surface area contributed by atoms with Gasteiger partial charge in [0.2, 0.25) is 6.17 Å². The number of halogens is 1. The molecule has 0 saturated carbocycles. The molecule has 196 valence electrons. The van der Waals surface area contributed by atoms with E-state index >= 15 is 4.39 Å². The number of carbonyl (C=O) groups excluding carboxylic acids is 2. The number of para-hydroxylation sites is 1. The van der Waals surface area contributed by atoms with Crippen molar-refractivity contribution in [1.82, 2.24) is 10.3 Å². The number of pyridine rings is 1. The molecule has 0 aliphatic carbocycles. The van der Waals surface area contributed by atoms with E-state index in [2.05, 4.69) is 20.6 Å². The number of amides is 3. The van der Waals surface area contributed by atoms with Gasteiger partial charge in [0.15, 0.2) is 0 Å². The Morgan fingerprint density at radius 3 is 2.54 bits per heavy atom. The van der Waals surface area contributed by atoms with Gasteiger partial charge in [-0.1, -0.05) is 42.5 Å². The highest BCUT2D eigenvalue weighted by atomic mass is 19.1. The second kappa shape index (κ2) is 11.1. The molecule has 8 nitrogen and oxygen atoms in total. The Labute approximate surface area is 225 Å². The first kappa shape index (κ1) is 25.6. The minimum absolute atomic E-state index is 0.0742. The number of benzodiazepines with no additional fused rings is 1. The minimum Gasteiger partial charge on any atom is -0.497 e. The standard InChI is InChI=1S/C30H26FN5O3/c1-19-8-7-9-20(16-19)33-30(38)35-28-29(37)36(18-21-17-22(39-2)14-15-32-21)26-13-6-4-11-24(26)27(34-28)23-10-3-5-12-25(23)31/h3-17,28H,18H2,1-2H3,(H2,33,35,38). The Hall–Kier alpha value is -5.05. The number of hydrogen-bond acceptors (Lipinski definition) is 5. The SMILES string of the molecule is COc1ccnc(CN2C(=O)C(NC(=O)Nc3cccc(C)c3)N=C(c3ccccc3F)c3ccccc32)c1. The van der Waals surface area contributed by atoms with Crippen LogP contribution in [0.2, 0.25) is 0 Å². The molecule has 3 amide bonds. The Morgan fingerprint density at radius 1 is 1.00 bits per heavy atom. The monoisotopic (exact) mass is 523 g/mol. The van der Waals surface area contributed by atoms with Crippen LogP contribution in [0, 0.1) is 12.7 Å². The van der Waals surface area contributed by atoms with Gasteiger partial charge in [0.25, 0.3) is 5.91 Å². The van der Waals surface area contributed by atoms with Crippen molar-refractivity contribution in [3.63, 3.8) is 0 Å². The van der Waals surface area contributed by atoms with Gasteiger partial charge in [-0.3, -0.25) is 9.78 Å². The third-order valence-corrected chi connectivity index (χ3v) is 6.22. The van der Waals surface area contributed by atoms with Crippen LogP contribution >= 0.6 is 0 Å². The first-order valence-corrected chi connectivity index (χ1v) is 12.3. The summed E-state index contributed by atoms with van der Waals surface area (Å²) in [4.78, 5) is 37.5. The molecule has 0 saturated heterocycles. The first-order valence-electron chi connectivity index (χ1n) is 12.3. The van der Waals surface area contributed by atoms with Gasteiger partial charge >= 0.3 is 6.03 Å². The fourth-order valence-corrected chi connectivity index (χ4v) is 4.40. The molecule has 1 aromatic heterocycles. The molecule has 1 unspecified atom stereocenters. The van der Waals surface area contributed by atoms with Crippen LogP contribution in [0.5, 0.6) is 5.75 Å². The van der Waals surface area contributed by atoms with E-state index in [1.165, 1.54) is 11.0 Å². The number of nitrogens with zero attached hydrogens (tertiary/aromatic N) is 3. The lowest BCUT2D eigenvalue weighted by Crippen LogP contribution is -2.48. The number of fused-ring (bicyclic) bond motifs is 1.